The Morgan fingerprint density at radius 1 is 1.41 bits per heavy atom. The summed E-state index contributed by atoms with van der Waals surface area (Å²) in [7, 11) is 0. The number of benzene rings is 1. The lowest BCUT2D eigenvalue weighted by molar-refractivity contribution is 0.164. The molecule has 1 aromatic carbocycles. The molecule has 1 atom stereocenters. The Labute approximate surface area is 106 Å². The number of fused-ring (bicyclic) bond motifs is 1. The molecular formula is C13H17NO2S. The van der Waals surface area contributed by atoms with Gasteiger partial charge in [0.2, 0.25) is 5.89 Å². The van der Waals surface area contributed by atoms with E-state index in [2.05, 4.69) is 11.9 Å². The van der Waals surface area contributed by atoms with E-state index in [0.717, 1.165) is 36.0 Å². The molecular weight excluding hydrogens is 234 g/mol. The van der Waals surface area contributed by atoms with E-state index in [-0.39, 0.29) is 5.25 Å². The summed E-state index contributed by atoms with van der Waals surface area (Å²) < 4.78 is 11.0. The summed E-state index contributed by atoms with van der Waals surface area (Å²) >= 11 is 1.80. The number of ether oxygens (including phenoxy) is 1. The summed E-state index contributed by atoms with van der Waals surface area (Å²) in [4.78, 5) is 4.48. The van der Waals surface area contributed by atoms with Crippen molar-refractivity contribution in [2.75, 3.05) is 19.0 Å². The molecule has 3 nitrogen and oxygen atoms in total. The van der Waals surface area contributed by atoms with Gasteiger partial charge >= 0.3 is 0 Å². The highest BCUT2D eigenvalue weighted by Crippen LogP contribution is 2.29. The molecule has 0 saturated heterocycles. The van der Waals surface area contributed by atoms with Crippen LogP contribution < -0.4 is 0 Å². The largest absolute Gasteiger partial charge is 0.439 e. The molecule has 0 radical (unpaired) electrons. The van der Waals surface area contributed by atoms with Crippen LogP contribution in [0.1, 0.15) is 25.0 Å². The lowest BCUT2D eigenvalue weighted by atomic mass is 10.3. The monoisotopic (exact) mass is 251 g/mol. The first kappa shape index (κ1) is 12.5. The van der Waals surface area contributed by atoms with E-state index in [1.807, 2.05) is 31.2 Å². The molecule has 0 N–H and O–H groups in total. The van der Waals surface area contributed by atoms with Crippen molar-refractivity contribution in [2.45, 2.75) is 19.1 Å². The molecule has 0 fully saturated rings. The highest BCUT2D eigenvalue weighted by atomic mass is 32.2. The predicted molar refractivity (Wildman–Crippen MR) is 71.4 cm³/mol. The quantitative estimate of drug-likeness (QED) is 0.734. The maximum atomic E-state index is 5.71. The van der Waals surface area contributed by atoms with E-state index < -0.39 is 0 Å². The lowest BCUT2D eigenvalue weighted by Gasteiger charge is -2.06. The predicted octanol–water partition coefficient (Wildman–Crippen LogP) is 3.66. The molecule has 0 amide bonds. The second-order valence-corrected chi connectivity index (χ2v) is 5.18. The van der Waals surface area contributed by atoms with Crippen molar-refractivity contribution in [3.8, 4) is 0 Å². The van der Waals surface area contributed by atoms with Gasteiger partial charge in [0, 0.05) is 12.4 Å². The number of oxazole rings is 1. The zero-order chi connectivity index (χ0) is 12.1. The van der Waals surface area contributed by atoms with Crippen LogP contribution in [-0.4, -0.2) is 24.0 Å². The number of para-hydroxylation sites is 2. The molecule has 1 aromatic heterocycles. The van der Waals surface area contributed by atoms with Crippen LogP contribution in [0.25, 0.3) is 11.1 Å². The fourth-order valence-corrected chi connectivity index (χ4v) is 2.37. The van der Waals surface area contributed by atoms with E-state index in [0.29, 0.717) is 0 Å². The molecule has 0 spiro atoms. The van der Waals surface area contributed by atoms with Gasteiger partial charge in [-0.05, 0) is 26.0 Å². The smallest absolute Gasteiger partial charge is 0.208 e. The summed E-state index contributed by atoms with van der Waals surface area (Å²) in [5.74, 6) is 1.76. The molecule has 0 aliphatic heterocycles. The maximum absolute atomic E-state index is 5.71. The third-order valence-corrected chi connectivity index (χ3v) is 3.56. The van der Waals surface area contributed by atoms with Gasteiger partial charge in [-0.1, -0.05) is 12.1 Å². The number of aromatic nitrogens is 1. The summed E-state index contributed by atoms with van der Waals surface area (Å²) in [5, 5.41) is 0.267. The minimum absolute atomic E-state index is 0.267. The summed E-state index contributed by atoms with van der Waals surface area (Å²) in [6.07, 6.45) is 0. The minimum atomic E-state index is 0.267. The van der Waals surface area contributed by atoms with E-state index >= 15 is 0 Å². The second-order valence-electron chi connectivity index (χ2n) is 3.73. The van der Waals surface area contributed by atoms with Crippen molar-refractivity contribution in [2.24, 2.45) is 0 Å². The van der Waals surface area contributed by atoms with Gasteiger partial charge in [0.05, 0.1) is 11.9 Å². The van der Waals surface area contributed by atoms with Crippen molar-refractivity contribution in [3.63, 3.8) is 0 Å². The highest BCUT2D eigenvalue weighted by Gasteiger charge is 2.13. The van der Waals surface area contributed by atoms with Crippen molar-refractivity contribution in [1.29, 1.82) is 0 Å². The maximum Gasteiger partial charge on any atom is 0.208 e. The third kappa shape index (κ3) is 3.23. The SMILES string of the molecule is CCOCCS[C@H](C)c1nc2ccccc2o1. The van der Waals surface area contributed by atoms with Crippen LogP contribution >= 0.6 is 11.8 Å². The standard InChI is InChI=1S/C13H17NO2S/c1-3-15-8-9-17-10(2)13-14-11-6-4-5-7-12(11)16-13/h4-7,10H,3,8-9H2,1-2H3/t10-/m1/s1. The van der Waals surface area contributed by atoms with Gasteiger partial charge in [-0.2, -0.15) is 0 Å². The van der Waals surface area contributed by atoms with Gasteiger partial charge in [-0.15, -0.1) is 11.8 Å². The normalized spacial score (nSPS) is 13.1. The van der Waals surface area contributed by atoms with Crippen LogP contribution in [-0.2, 0) is 4.74 Å². The van der Waals surface area contributed by atoms with E-state index in [1.54, 1.807) is 11.8 Å². The van der Waals surface area contributed by atoms with Gasteiger partial charge < -0.3 is 9.15 Å². The van der Waals surface area contributed by atoms with Crippen LogP contribution in [0.4, 0.5) is 0 Å². The van der Waals surface area contributed by atoms with Crippen molar-refractivity contribution in [1.82, 2.24) is 4.98 Å². The van der Waals surface area contributed by atoms with Crippen LogP contribution in [0.2, 0.25) is 0 Å². The number of hydrogen-bond donors (Lipinski definition) is 0. The topological polar surface area (TPSA) is 35.3 Å². The van der Waals surface area contributed by atoms with Gasteiger partial charge in [-0.25, -0.2) is 4.98 Å². The van der Waals surface area contributed by atoms with Gasteiger partial charge in [0.15, 0.2) is 5.58 Å². The average molecular weight is 251 g/mol. The zero-order valence-corrected chi connectivity index (χ0v) is 11.0. The van der Waals surface area contributed by atoms with E-state index in [4.69, 9.17) is 9.15 Å². The fraction of sp³-hybridized carbons (Fsp3) is 0.462. The molecule has 0 unspecified atom stereocenters. The first-order valence-electron chi connectivity index (χ1n) is 5.86. The highest BCUT2D eigenvalue weighted by molar-refractivity contribution is 7.99. The number of thioether (sulfide) groups is 1. The van der Waals surface area contributed by atoms with Gasteiger partial charge in [0.25, 0.3) is 0 Å². The van der Waals surface area contributed by atoms with Crippen molar-refractivity contribution >= 4 is 22.9 Å². The molecule has 1 heterocycles. The van der Waals surface area contributed by atoms with Crippen LogP contribution in [0.5, 0.6) is 0 Å². The third-order valence-electron chi connectivity index (χ3n) is 2.46. The summed E-state index contributed by atoms with van der Waals surface area (Å²) in [6.45, 7) is 5.68. The number of hydrogen-bond acceptors (Lipinski definition) is 4. The van der Waals surface area contributed by atoms with Crippen LogP contribution in [0, 0.1) is 0 Å². The van der Waals surface area contributed by atoms with E-state index in [1.165, 1.54) is 0 Å². The Morgan fingerprint density at radius 2 is 2.24 bits per heavy atom. The minimum Gasteiger partial charge on any atom is -0.439 e. The Bertz CT molecular complexity index is 436. The molecule has 92 valence electrons. The molecule has 0 aliphatic rings. The Balaban J connectivity index is 1.96. The second kappa shape index (κ2) is 6.07. The number of rotatable bonds is 6. The van der Waals surface area contributed by atoms with Crippen LogP contribution in [0.3, 0.4) is 0 Å². The van der Waals surface area contributed by atoms with Gasteiger partial charge in [-0.3, -0.25) is 0 Å². The van der Waals surface area contributed by atoms with Crippen molar-refractivity contribution < 1.29 is 9.15 Å². The zero-order valence-electron chi connectivity index (χ0n) is 10.2. The molecule has 0 saturated carbocycles. The average Bonchev–Trinajstić information content (AvgIpc) is 2.78. The molecule has 17 heavy (non-hydrogen) atoms. The number of nitrogens with zero attached hydrogens (tertiary/aromatic N) is 1. The first-order chi connectivity index (χ1) is 8.31. The Morgan fingerprint density at radius 3 is 3.00 bits per heavy atom. The lowest BCUT2D eigenvalue weighted by Crippen LogP contribution is -1.98. The molecule has 0 bridgehead atoms. The Kier molecular flexibility index (Phi) is 4.45. The summed E-state index contributed by atoms with van der Waals surface area (Å²) in [5.41, 5.74) is 1.79. The molecule has 0 aliphatic carbocycles. The van der Waals surface area contributed by atoms with Crippen molar-refractivity contribution in [3.05, 3.63) is 30.2 Å². The molecule has 4 heteroatoms. The Hall–Kier alpha value is -1.00. The van der Waals surface area contributed by atoms with E-state index in [9.17, 15) is 0 Å². The molecule has 2 aromatic rings. The first-order valence-corrected chi connectivity index (χ1v) is 6.91. The van der Waals surface area contributed by atoms with Crippen LogP contribution in [0.15, 0.2) is 28.7 Å². The summed E-state index contributed by atoms with van der Waals surface area (Å²) in [6, 6.07) is 7.86. The van der Waals surface area contributed by atoms with Gasteiger partial charge in [0.1, 0.15) is 5.52 Å². The molecule has 2 rings (SSSR count). The fourth-order valence-electron chi connectivity index (χ4n) is 1.56.